The van der Waals surface area contributed by atoms with Crippen molar-refractivity contribution in [1.82, 2.24) is 0 Å². The van der Waals surface area contributed by atoms with Crippen LogP contribution in [0.2, 0.25) is 0 Å². The van der Waals surface area contributed by atoms with Crippen LogP contribution in [-0.2, 0) is 0 Å². The molecule has 0 aromatic heterocycles. The fourth-order valence-corrected chi connectivity index (χ4v) is 0.966. The molecule has 0 aliphatic heterocycles. The lowest BCUT2D eigenvalue weighted by Gasteiger charge is -2.00. The Bertz CT molecular complexity index is 423. The zero-order valence-corrected chi connectivity index (χ0v) is 11.0. The fraction of sp³-hybridized carbons (Fsp3) is 0.214. The zero-order valence-electron chi connectivity index (χ0n) is 11.0. The zero-order chi connectivity index (χ0) is 13.8. The minimum Gasteiger partial charge on any atom is -0.383 e. The molecular weight excluding hydrogens is 224 g/mol. The average molecular weight is 244 g/mol. The summed E-state index contributed by atoms with van der Waals surface area (Å²) in [5, 5.41) is 7.47. The van der Waals surface area contributed by atoms with Gasteiger partial charge < -0.3 is 5.73 Å². The summed E-state index contributed by atoms with van der Waals surface area (Å²) in [6, 6.07) is 0. The van der Waals surface area contributed by atoms with Crippen LogP contribution in [0.1, 0.15) is 20.3 Å². The van der Waals surface area contributed by atoms with Gasteiger partial charge in [0.1, 0.15) is 5.84 Å². The number of hydrogen-bond acceptors (Lipinski definition) is 3. The van der Waals surface area contributed by atoms with Crippen LogP contribution < -0.4 is 5.73 Å². The van der Waals surface area contributed by atoms with Gasteiger partial charge in [0, 0.05) is 12.4 Å². The van der Waals surface area contributed by atoms with Gasteiger partial charge in [-0.05, 0) is 37.1 Å². The van der Waals surface area contributed by atoms with Crippen molar-refractivity contribution in [3.8, 4) is 0 Å². The maximum atomic E-state index is 5.84. The maximum Gasteiger partial charge on any atom is 0.127 e. The quantitative estimate of drug-likeness (QED) is 0.318. The molecule has 0 rings (SSSR count). The molecule has 0 aliphatic rings. The summed E-state index contributed by atoms with van der Waals surface area (Å²) in [6.07, 6.45) is 10.9. The molecule has 18 heavy (non-hydrogen) atoms. The van der Waals surface area contributed by atoms with Crippen molar-refractivity contribution in [2.45, 2.75) is 20.3 Å². The van der Waals surface area contributed by atoms with Crippen LogP contribution in [0.25, 0.3) is 0 Å². The second-order valence-electron chi connectivity index (χ2n) is 3.35. The minimum absolute atomic E-state index is 0.439. The van der Waals surface area contributed by atoms with Crippen molar-refractivity contribution in [1.29, 1.82) is 0 Å². The van der Waals surface area contributed by atoms with Gasteiger partial charge in [-0.3, -0.25) is 0 Å². The van der Waals surface area contributed by atoms with Crippen LogP contribution in [-0.4, -0.2) is 18.3 Å². The summed E-state index contributed by atoms with van der Waals surface area (Å²) < 4.78 is 0. The molecule has 0 fully saturated rings. The van der Waals surface area contributed by atoms with Crippen molar-refractivity contribution < 1.29 is 0 Å². The number of rotatable bonds is 7. The summed E-state index contributed by atoms with van der Waals surface area (Å²) in [5.74, 6) is 0.439. The Morgan fingerprint density at radius 1 is 1.22 bits per heavy atom. The van der Waals surface area contributed by atoms with E-state index in [9.17, 15) is 0 Å². The lowest BCUT2D eigenvalue weighted by molar-refractivity contribution is 1.18. The summed E-state index contributed by atoms with van der Waals surface area (Å²) in [7, 11) is 0. The van der Waals surface area contributed by atoms with E-state index in [-0.39, 0.29) is 0 Å². The highest BCUT2D eigenvalue weighted by Crippen LogP contribution is 2.02. The van der Waals surface area contributed by atoms with E-state index in [0.29, 0.717) is 5.84 Å². The highest BCUT2D eigenvalue weighted by molar-refractivity contribution is 6.00. The Hall–Kier alpha value is -2.23. The second kappa shape index (κ2) is 9.96. The molecule has 0 atom stereocenters. The first-order chi connectivity index (χ1) is 8.65. The monoisotopic (exact) mass is 244 g/mol. The average Bonchev–Trinajstić information content (AvgIpc) is 2.37. The molecule has 96 valence electrons. The number of allylic oxidation sites excluding steroid dienone is 4. The van der Waals surface area contributed by atoms with E-state index in [1.165, 1.54) is 6.21 Å². The molecule has 0 heterocycles. The molecule has 0 aromatic carbocycles. The van der Waals surface area contributed by atoms with E-state index in [4.69, 9.17) is 5.73 Å². The van der Waals surface area contributed by atoms with E-state index in [1.807, 2.05) is 19.9 Å². The third-order valence-electron chi connectivity index (χ3n) is 1.91. The molecule has 0 aromatic rings. The Morgan fingerprint density at radius 3 is 2.44 bits per heavy atom. The van der Waals surface area contributed by atoms with E-state index in [2.05, 4.69) is 28.4 Å². The molecule has 2 N–H and O–H groups in total. The van der Waals surface area contributed by atoms with E-state index >= 15 is 0 Å². The van der Waals surface area contributed by atoms with Crippen LogP contribution in [0, 0.1) is 0 Å². The third-order valence-corrected chi connectivity index (χ3v) is 1.91. The van der Waals surface area contributed by atoms with E-state index < -0.39 is 0 Å². The smallest absolute Gasteiger partial charge is 0.127 e. The number of nitrogens with two attached hydrogens (primary N) is 1. The van der Waals surface area contributed by atoms with Gasteiger partial charge in [0.25, 0.3) is 0 Å². The van der Waals surface area contributed by atoms with E-state index in [0.717, 1.165) is 17.7 Å². The van der Waals surface area contributed by atoms with Crippen molar-refractivity contribution >= 4 is 18.3 Å². The lowest BCUT2D eigenvalue weighted by atomic mass is 10.2. The normalized spacial score (nSPS) is 14.4. The lowest BCUT2D eigenvalue weighted by Crippen LogP contribution is -2.13. The summed E-state index contributed by atoms with van der Waals surface area (Å²) in [4.78, 5) is 4.25. The first-order valence-electron chi connectivity index (χ1n) is 5.67. The third kappa shape index (κ3) is 7.11. The van der Waals surface area contributed by atoms with Gasteiger partial charge in [-0.2, -0.15) is 10.2 Å². The van der Waals surface area contributed by atoms with E-state index in [1.54, 1.807) is 24.4 Å². The van der Waals surface area contributed by atoms with Crippen molar-refractivity contribution in [3.05, 3.63) is 48.7 Å². The molecule has 0 saturated heterocycles. The van der Waals surface area contributed by atoms with Crippen LogP contribution in [0.4, 0.5) is 0 Å². The Morgan fingerprint density at radius 2 is 1.89 bits per heavy atom. The van der Waals surface area contributed by atoms with Gasteiger partial charge in [0.05, 0.1) is 5.70 Å². The highest BCUT2D eigenvalue weighted by atomic mass is 15.2. The first-order valence-corrected chi connectivity index (χ1v) is 5.67. The highest BCUT2D eigenvalue weighted by Gasteiger charge is 1.95. The van der Waals surface area contributed by atoms with Crippen molar-refractivity contribution in [3.63, 3.8) is 0 Å². The molecule has 0 unspecified atom stereocenters. The molecule has 0 amide bonds. The largest absolute Gasteiger partial charge is 0.383 e. The molecule has 0 spiro atoms. The number of amidine groups is 1. The summed E-state index contributed by atoms with van der Waals surface area (Å²) in [6.45, 7) is 11.1. The number of hydrogen-bond donors (Lipinski definition) is 1. The fourth-order valence-electron chi connectivity index (χ4n) is 0.966. The van der Waals surface area contributed by atoms with Gasteiger partial charge in [-0.15, -0.1) is 0 Å². The Labute approximate surface area is 109 Å². The molecule has 4 heteroatoms. The standard InChI is InChI=1S/C14H20N4/c1-5-8-13(7-3)18-14(15)12(4)9-11-17-16-10-6-2/h6-11H,2-3,5H2,1,4H3,(H2,15,18)/b12-9+,13-8+,16-10+,17-11-. The predicted octanol–water partition coefficient (Wildman–Crippen LogP) is 3.01. The van der Waals surface area contributed by atoms with Crippen LogP contribution in [0.5, 0.6) is 0 Å². The molecule has 0 radical (unpaired) electrons. The summed E-state index contributed by atoms with van der Waals surface area (Å²) >= 11 is 0. The van der Waals surface area contributed by atoms with Crippen molar-refractivity contribution in [2.24, 2.45) is 20.9 Å². The van der Waals surface area contributed by atoms with Gasteiger partial charge >= 0.3 is 0 Å². The first kappa shape index (κ1) is 15.8. The van der Waals surface area contributed by atoms with Gasteiger partial charge in [-0.25, -0.2) is 4.99 Å². The Balaban J connectivity index is 4.76. The SMILES string of the molecule is C=C/C=N/N=C\C=C(C)\C(N)=N/C(C=C)=C/CC. The minimum atomic E-state index is 0.439. The molecular formula is C14H20N4. The Kier molecular flexibility index (Phi) is 8.72. The summed E-state index contributed by atoms with van der Waals surface area (Å²) in [5.41, 5.74) is 7.43. The van der Waals surface area contributed by atoms with Crippen molar-refractivity contribution in [2.75, 3.05) is 0 Å². The van der Waals surface area contributed by atoms with Crippen LogP contribution in [0.3, 0.4) is 0 Å². The molecule has 0 aliphatic carbocycles. The molecule has 4 nitrogen and oxygen atoms in total. The van der Waals surface area contributed by atoms with Crippen LogP contribution in [0.15, 0.2) is 63.9 Å². The molecule has 0 bridgehead atoms. The number of aliphatic imine (C=N–C) groups is 1. The van der Waals surface area contributed by atoms with Gasteiger partial charge in [0.15, 0.2) is 0 Å². The topological polar surface area (TPSA) is 63.1 Å². The second-order valence-corrected chi connectivity index (χ2v) is 3.35. The van der Waals surface area contributed by atoms with Gasteiger partial charge in [-0.1, -0.05) is 26.2 Å². The maximum absolute atomic E-state index is 5.84. The number of nitrogens with zero attached hydrogens (tertiary/aromatic N) is 3. The van der Waals surface area contributed by atoms with Crippen LogP contribution >= 0.6 is 0 Å². The molecule has 0 saturated carbocycles. The van der Waals surface area contributed by atoms with Gasteiger partial charge in [0.2, 0.25) is 0 Å². The predicted molar refractivity (Wildman–Crippen MR) is 81.1 cm³/mol.